The van der Waals surface area contributed by atoms with E-state index < -0.39 is 166 Å². The predicted molar refractivity (Wildman–Crippen MR) is 254 cm³/mol. The van der Waals surface area contributed by atoms with E-state index in [4.69, 9.17) is 280 Å². The Morgan fingerprint density at radius 2 is 0.108 bits per heavy atom. The first-order chi connectivity index (χ1) is 32.0. The Morgan fingerprint density at radius 3 is 0.108 bits per heavy atom. The summed E-state index contributed by atoms with van der Waals surface area (Å²) in [6, 6.07) is 0. The summed E-state index contributed by atoms with van der Waals surface area (Å²) in [5, 5.41) is 0. The maximum Gasteiger partial charge on any atom is 2.00 e. The third-order valence-corrected chi connectivity index (χ3v) is 0. The van der Waals surface area contributed by atoms with Gasteiger partial charge in [0.05, 0.1) is 0 Å². The van der Waals surface area contributed by atoms with Gasteiger partial charge in [-0.05, 0) is 0 Å². The molecule has 0 aromatic rings. The van der Waals surface area contributed by atoms with Crippen LogP contribution in [0, 0.1) is 0 Å². The molecule has 0 bridgehead atoms. The summed E-state index contributed by atoms with van der Waals surface area (Å²) in [5.41, 5.74) is 0. The molecule has 0 aliphatic carbocycles. The third kappa shape index (κ3) is 15400. The molecule has 0 saturated heterocycles. The summed E-state index contributed by atoms with van der Waals surface area (Å²) in [4.78, 5) is 0. The zero-order valence-electron chi connectivity index (χ0n) is 42.1. The molecule has 0 spiro atoms. The van der Waals surface area contributed by atoms with E-state index in [9.17, 15) is 0 Å². The standard InChI is InChI=1S/13Mg.16H2O4S/c;;;;;;;;;;;;;16*1-5(2,3)4/h;;;;;;;;;;;;;16*(H2,1,2,3,4)/q13*+2;;;;;;;;;;;;;;;;/p-26. The van der Waals surface area contributed by atoms with E-state index in [1.165, 1.54) is 0 Å². The molecule has 0 unspecified atom stereocenters. The van der Waals surface area contributed by atoms with Crippen molar-refractivity contribution in [2.75, 3.05) is 0 Å². The van der Waals surface area contributed by atoms with Crippen LogP contribution < -0.4 is 0 Å². The molecule has 0 aliphatic rings. The predicted octanol–water partition coefficient (Wildman–Crippen LogP) is -24.3. The van der Waals surface area contributed by atoms with Crippen LogP contribution in [0.5, 0.6) is 0 Å². The van der Waals surface area contributed by atoms with Crippen LogP contribution in [-0.2, 0) is 166 Å². The van der Waals surface area contributed by atoms with Gasteiger partial charge >= 0.3 is 331 Å². The molecule has 0 heterocycles. The molecule has 0 aromatic carbocycles. The van der Waals surface area contributed by atoms with Gasteiger partial charge in [-0.3, -0.25) is 137 Å². The van der Waals surface area contributed by atoms with E-state index in [0.29, 0.717) is 0 Å². The minimum atomic E-state index is -5.17. The van der Waals surface area contributed by atoms with Crippen LogP contribution in [0.1, 0.15) is 0 Å². The molecule has 512 valence electrons. The van der Waals surface area contributed by atoms with Crippen molar-refractivity contribution in [3.05, 3.63) is 0 Å². The molecular weight excluding hydrogens is 1850 g/mol. The van der Waals surface area contributed by atoms with E-state index in [1.807, 2.05) is 0 Å². The van der Waals surface area contributed by atoms with Crippen molar-refractivity contribution in [1.29, 1.82) is 0 Å². The monoisotopic (exact) mass is 1850 g/mol. The molecule has 0 radical (unpaired) electrons. The Kier molecular flexibility index (Phi) is 190. The zero-order valence-corrected chi connectivity index (χ0v) is 73.5. The maximum absolute atomic E-state index is 8.74. The average molecular weight is 1860 g/mol. The van der Waals surface area contributed by atoms with Gasteiger partial charge < -0.3 is 118 Å². The summed E-state index contributed by atoms with van der Waals surface area (Å²) in [6.45, 7) is 0. The van der Waals surface area contributed by atoms with Crippen molar-refractivity contribution < 1.29 is 280 Å². The molecule has 64 nitrogen and oxygen atoms in total. The van der Waals surface area contributed by atoms with Gasteiger partial charge in [-0.25, -0.2) is 0 Å². The van der Waals surface area contributed by atoms with Crippen molar-refractivity contribution in [2.45, 2.75) is 0 Å². The van der Waals surface area contributed by atoms with E-state index in [-0.39, 0.29) is 300 Å². The first-order valence-electron chi connectivity index (χ1n) is 10.8. The quantitative estimate of drug-likeness (QED) is 0.0745. The number of hydrogen-bond donors (Lipinski definition) is 6. The summed E-state index contributed by atoms with van der Waals surface area (Å²) in [6.07, 6.45) is 0. The fourth-order valence-electron chi connectivity index (χ4n) is 0. The van der Waals surface area contributed by atoms with Crippen LogP contribution in [0.3, 0.4) is 0 Å². The molecule has 93 heavy (non-hydrogen) atoms. The van der Waals surface area contributed by atoms with Crippen molar-refractivity contribution in [3.63, 3.8) is 0 Å². The van der Waals surface area contributed by atoms with E-state index in [2.05, 4.69) is 0 Å². The van der Waals surface area contributed by atoms with Gasteiger partial charge in [-0.2, -0.15) is 25.3 Å². The van der Waals surface area contributed by atoms with Gasteiger partial charge in [-0.15, -0.1) is 0 Å². The van der Waals surface area contributed by atoms with Crippen LogP contribution in [0.4, 0.5) is 0 Å². The Morgan fingerprint density at radius 1 is 0.108 bits per heavy atom. The second-order valence-electron chi connectivity index (χ2n) is 6.65. The summed E-state index contributed by atoms with van der Waals surface area (Å²) in [7, 11) is -81.2. The minimum absolute atomic E-state index is 0. The largest absolute Gasteiger partial charge is 2.00 e. The fourth-order valence-corrected chi connectivity index (χ4v) is 0. The molecule has 0 aliphatic heterocycles. The van der Waals surface area contributed by atoms with Crippen molar-refractivity contribution in [2.24, 2.45) is 0 Å². The summed E-state index contributed by atoms with van der Waals surface area (Å²) in [5.74, 6) is 0. The van der Waals surface area contributed by atoms with Crippen LogP contribution in [0.25, 0.3) is 0 Å². The molecule has 0 saturated carbocycles. The van der Waals surface area contributed by atoms with Crippen molar-refractivity contribution in [3.8, 4) is 0 Å². The molecule has 6 N–H and O–H groups in total. The Balaban J connectivity index is -0.0000000172. The first-order valence-corrected chi connectivity index (χ1v) is 32.3. The maximum atomic E-state index is 8.74. The Labute approximate surface area is 733 Å². The third-order valence-electron chi connectivity index (χ3n) is 0. The molecule has 93 heteroatoms. The second-order valence-corrected chi connectivity index (χ2v) is 20.0. The van der Waals surface area contributed by atoms with Crippen molar-refractivity contribution >= 4 is 466 Å². The van der Waals surface area contributed by atoms with Crippen LogP contribution in [0.2, 0.25) is 0 Å². The molecule has 0 atom stereocenters. The fraction of sp³-hybridized carbons (Fsp3) is 0. The van der Waals surface area contributed by atoms with E-state index in [1.54, 1.807) is 0 Å². The molecule has 0 amide bonds. The second kappa shape index (κ2) is 90.5. The molecule has 0 aromatic heterocycles. The smallest absolute Gasteiger partial charge is 0.759 e. The topological polar surface area (TPSA) is 1270 Å². The SMILES string of the molecule is O=S(=O)(O)O.O=S(=O)(O)O.O=S(=O)(O)O.O=S(=O)([O-])[O-].O=S(=O)([O-])[O-].O=S(=O)([O-])[O-].O=S(=O)([O-])[O-].O=S(=O)([O-])[O-].O=S(=O)([O-])[O-].O=S(=O)([O-])[O-].O=S(=O)([O-])[O-].O=S(=O)([O-])[O-].O=S(=O)([O-])[O-].O=S(=O)([O-])[O-].O=S(=O)([O-])[O-].O=S(=O)([O-])[O-].[Mg+2].[Mg+2].[Mg+2].[Mg+2].[Mg+2].[Mg+2].[Mg+2].[Mg+2].[Mg+2].[Mg+2].[Mg+2].[Mg+2].[Mg+2]. The van der Waals surface area contributed by atoms with Gasteiger partial charge in [0.25, 0.3) is 0 Å². The van der Waals surface area contributed by atoms with Gasteiger partial charge in [0.1, 0.15) is 0 Å². The van der Waals surface area contributed by atoms with Crippen LogP contribution in [0.15, 0.2) is 0 Å². The molecule has 0 rings (SSSR count). The van der Waals surface area contributed by atoms with Gasteiger partial charge in [-0.1, -0.05) is 0 Å². The van der Waals surface area contributed by atoms with Gasteiger partial charge in [0.15, 0.2) is 0 Å². The first kappa shape index (κ1) is 195. The number of rotatable bonds is 0. The minimum Gasteiger partial charge on any atom is -0.759 e. The Hall–Kier alpha value is 7.88. The Bertz CT molecular complexity index is 2400. The summed E-state index contributed by atoms with van der Waals surface area (Å²) < 4.78 is 538. The number of hydrogen-bond acceptors (Lipinski definition) is 58. The zero-order chi connectivity index (χ0) is 72.0. The van der Waals surface area contributed by atoms with E-state index in [0.717, 1.165) is 0 Å². The van der Waals surface area contributed by atoms with Crippen LogP contribution >= 0.6 is 0 Å². The van der Waals surface area contributed by atoms with Gasteiger partial charge in [0.2, 0.25) is 0 Å². The summed E-state index contributed by atoms with van der Waals surface area (Å²) >= 11 is 0. The van der Waals surface area contributed by atoms with E-state index >= 15 is 0 Å². The molecular formula is H6Mg13O64S16. The molecule has 0 fully saturated rings. The van der Waals surface area contributed by atoms with Gasteiger partial charge in [0, 0.05) is 135 Å². The average Bonchev–Trinajstić information content (AvgIpc) is 2.70. The van der Waals surface area contributed by atoms with Crippen LogP contribution in [-0.4, -0.2) is 580 Å². The normalized spacial score (nSPS) is 9.98. The van der Waals surface area contributed by atoms with Crippen molar-refractivity contribution in [1.82, 2.24) is 0 Å².